The zero-order valence-electron chi connectivity index (χ0n) is 18.7. The third kappa shape index (κ3) is 4.52. The molecule has 0 radical (unpaired) electrons. The molecule has 0 aliphatic heterocycles. The lowest BCUT2D eigenvalue weighted by molar-refractivity contribution is 0.0719. The van der Waals surface area contributed by atoms with Gasteiger partial charge in [-0.3, -0.25) is 9.78 Å². The van der Waals surface area contributed by atoms with E-state index < -0.39 is 0 Å². The summed E-state index contributed by atoms with van der Waals surface area (Å²) in [6.45, 7) is 0.747. The van der Waals surface area contributed by atoms with E-state index in [1.54, 1.807) is 30.7 Å². The molecule has 3 aromatic heterocycles. The van der Waals surface area contributed by atoms with Gasteiger partial charge in [0.25, 0.3) is 5.91 Å². The summed E-state index contributed by atoms with van der Waals surface area (Å²) in [5, 5.41) is 0.806. The smallest absolute Gasteiger partial charge is 0.255 e. The van der Waals surface area contributed by atoms with Crippen molar-refractivity contribution in [1.82, 2.24) is 14.9 Å². The highest BCUT2D eigenvalue weighted by atomic mass is 16.5. The Morgan fingerprint density at radius 2 is 1.82 bits per heavy atom. The summed E-state index contributed by atoms with van der Waals surface area (Å²) in [7, 11) is 1.63. The SMILES string of the molecule is COc1ccc(-c2cc(C(=O)N(Cc3cccnc3)Cc3ccco3)c3ccccc3n2)cc1. The number of ether oxygens (including phenoxy) is 1. The van der Waals surface area contributed by atoms with Gasteiger partial charge >= 0.3 is 0 Å². The van der Waals surface area contributed by atoms with E-state index in [1.807, 2.05) is 78.9 Å². The average molecular weight is 450 g/mol. The van der Waals surface area contributed by atoms with Crippen molar-refractivity contribution >= 4 is 16.8 Å². The van der Waals surface area contributed by atoms with Crippen molar-refractivity contribution in [2.24, 2.45) is 0 Å². The van der Waals surface area contributed by atoms with Gasteiger partial charge in [0.05, 0.1) is 36.7 Å². The van der Waals surface area contributed by atoms with Crippen LogP contribution in [0.25, 0.3) is 22.2 Å². The second-order valence-electron chi connectivity index (χ2n) is 7.90. The first-order chi connectivity index (χ1) is 16.7. The van der Waals surface area contributed by atoms with Crippen molar-refractivity contribution in [1.29, 1.82) is 0 Å². The number of carbonyl (C=O) groups is 1. The highest BCUT2D eigenvalue weighted by Crippen LogP contribution is 2.28. The molecule has 0 bridgehead atoms. The minimum absolute atomic E-state index is 0.103. The number of hydrogen-bond donors (Lipinski definition) is 0. The molecule has 0 unspecified atom stereocenters. The number of benzene rings is 2. The molecule has 5 aromatic rings. The van der Waals surface area contributed by atoms with Crippen LogP contribution in [-0.2, 0) is 13.1 Å². The lowest BCUT2D eigenvalue weighted by atomic mass is 10.0. The topological polar surface area (TPSA) is 68.5 Å². The van der Waals surface area contributed by atoms with Gasteiger partial charge < -0.3 is 14.1 Å². The molecule has 34 heavy (non-hydrogen) atoms. The molecule has 0 saturated heterocycles. The zero-order chi connectivity index (χ0) is 23.3. The van der Waals surface area contributed by atoms with Crippen LogP contribution in [0.5, 0.6) is 5.75 Å². The van der Waals surface area contributed by atoms with Crippen molar-refractivity contribution in [2.75, 3.05) is 7.11 Å². The van der Waals surface area contributed by atoms with Gasteiger partial charge in [0.1, 0.15) is 11.5 Å². The number of furan rings is 1. The Morgan fingerprint density at radius 1 is 0.971 bits per heavy atom. The van der Waals surface area contributed by atoms with E-state index in [-0.39, 0.29) is 5.91 Å². The Labute approximate surface area is 197 Å². The van der Waals surface area contributed by atoms with Crippen LogP contribution in [-0.4, -0.2) is 27.9 Å². The number of rotatable bonds is 7. The summed E-state index contributed by atoms with van der Waals surface area (Å²) >= 11 is 0. The number of para-hydroxylation sites is 1. The van der Waals surface area contributed by atoms with Crippen molar-refractivity contribution in [3.8, 4) is 17.0 Å². The molecule has 6 heteroatoms. The molecule has 1 amide bonds. The van der Waals surface area contributed by atoms with Gasteiger partial charge in [0, 0.05) is 29.9 Å². The van der Waals surface area contributed by atoms with Crippen molar-refractivity contribution in [3.05, 3.63) is 114 Å². The van der Waals surface area contributed by atoms with E-state index in [4.69, 9.17) is 14.1 Å². The first kappa shape index (κ1) is 21.4. The highest BCUT2D eigenvalue weighted by molar-refractivity contribution is 6.07. The maximum absolute atomic E-state index is 14.0. The number of amides is 1. The third-order valence-corrected chi connectivity index (χ3v) is 5.64. The van der Waals surface area contributed by atoms with Crippen molar-refractivity contribution in [2.45, 2.75) is 13.1 Å². The number of hydrogen-bond acceptors (Lipinski definition) is 5. The molecule has 5 rings (SSSR count). The Kier molecular flexibility index (Phi) is 6.03. The monoisotopic (exact) mass is 449 g/mol. The van der Waals surface area contributed by atoms with Crippen molar-refractivity contribution in [3.63, 3.8) is 0 Å². The first-order valence-electron chi connectivity index (χ1n) is 11.0. The fraction of sp³-hybridized carbons (Fsp3) is 0.107. The molecule has 3 heterocycles. The molecule has 0 saturated carbocycles. The fourth-order valence-electron chi connectivity index (χ4n) is 3.93. The lowest BCUT2D eigenvalue weighted by Crippen LogP contribution is -2.30. The van der Waals surface area contributed by atoms with Crippen LogP contribution in [0, 0.1) is 0 Å². The van der Waals surface area contributed by atoms with E-state index in [2.05, 4.69) is 4.98 Å². The second-order valence-corrected chi connectivity index (χ2v) is 7.90. The van der Waals surface area contributed by atoms with Crippen LogP contribution in [0.3, 0.4) is 0 Å². The second kappa shape index (κ2) is 9.58. The van der Waals surface area contributed by atoms with Gasteiger partial charge in [0.15, 0.2) is 0 Å². The van der Waals surface area contributed by atoms with Gasteiger partial charge in [-0.2, -0.15) is 0 Å². The quantitative estimate of drug-likeness (QED) is 0.317. The molecular formula is C28H23N3O3. The first-order valence-corrected chi connectivity index (χ1v) is 11.0. The number of fused-ring (bicyclic) bond motifs is 1. The molecule has 168 valence electrons. The zero-order valence-corrected chi connectivity index (χ0v) is 18.7. The third-order valence-electron chi connectivity index (χ3n) is 5.64. The normalized spacial score (nSPS) is 10.9. The highest BCUT2D eigenvalue weighted by Gasteiger charge is 2.22. The Bertz CT molecular complexity index is 1400. The minimum atomic E-state index is -0.103. The Morgan fingerprint density at radius 3 is 2.56 bits per heavy atom. The number of carbonyl (C=O) groups excluding carboxylic acids is 1. The summed E-state index contributed by atoms with van der Waals surface area (Å²) in [6.07, 6.45) is 5.11. The molecule has 0 fully saturated rings. The minimum Gasteiger partial charge on any atom is -0.497 e. The number of nitrogens with zero attached hydrogens (tertiary/aromatic N) is 3. The Balaban J connectivity index is 1.58. The van der Waals surface area contributed by atoms with Gasteiger partial charge in [-0.05, 0) is 60.2 Å². The van der Waals surface area contributed by atoms with Gasteiger partial charge in [-0.25, -0.2) is 4.98 Å². The molecule has 0 aliphatic carbocycles. The predicted molar refractivity (Wildman–Crippen MR) is 130 cm³/mol. The predicted octanol–water partition coefficient (Wildman–Crippen LogP) is 5.74. The van der Waals surface area contributed by atoms with Gasteiger partial charge in [-0.15, -0.1) is 0 Å². The summed E-state index contributed by atoms with van der Waals surface area (Å²) in [5.74, 6) is 1.38. The van der Waals surface area contributed by atoms with Crippen LogP contribution >= 0.6 is 0 Å². The van der Waals surface area contributed by atoms with E-state index in [1.165, 1.54) is 0 Å². The summed E-state index contributed by atoms with van der Waals surface area (Å²) in [5.41, 5.74) is 3.93. The number of pyridine rings is 2. The van der Waals surface area contributed by atoms with Crippen LogP contribution < -0.4 is 4.74 Å². The molecule has 0 N–H and O–H groups in total. The molecule has 6 nitrogen and oxygen atoms in total. The van der Waals surface area contributed by atoms with Crippen molar-refractivity contribution < 1.29 is 13.9 Å². The lowest BCUT2D eigenvalue weighted by Gasteiger charge is -2.23. The van der Waals surface area contributed by atoms with E-state index >= 15 is 0 Å². The molecular weight excluding hydrogens is 426 g/mol. The molecule has 0 atom stereocenters. The number of methoxy groups -OCH3 is 1. The van der Waals surface area contributed by atoms with Crippen LogP contribution in [0.15, 0.2) is 102 Å². The van der Waals surface area contributed by atoms with Gasteiger partial charge in [-0.1, -0.05) is 24.3 Å². The standard InChI is InChI=1S/C28H23N3O3/c1-33-22-12-10-21(11-13-22)27-16-25(24-8-2-3-9-26(24)30-27)28(32)31(19-23-7-5-15-34-23)18-20-6-4-14-29-17-20/h2-17H,18-19H2,1H3. The Hall–Kier alpha value is -4.45. The van der Waals surface area contributed by atoms with Crippen LogP contribution in [0.2, 0.25) is 0 Å². The molecule has 0 aliphatic rings. The fourth-order valence-corrected chi connectivity index (χ4v) is 3.93. The van der Waals surface area contributed by atoms with Crippen LogP contribution in [0.4, 0.5) is 0 Å². The summed E-state index contributed by atoms with van der Waals surface area (Å²) in [4.78, 5) is 24.8. The number of aromatic nitrogens is 2. The largest absolute Gasteiger partial charge is 0.497 e. The summed E-state index contributed by atoms with van der Waals surface area (Å²) in [6, 6.07) is 24.8. The van der Waals surface area contributed by atoms with E-state index in [0.29, 0.717) is 24.4 Å². The maximum atomic E-state index is 14.0. The average Bonchev–Trinajstić information content (AvgIpc) is 3.41. The van der Waals surface area contributed by atoms with E-state index in [0.717, 1.165) is 33.5 Å². The van der Waals surface area contributed by atoms with Crippen LogP contribution in [0.1, 0.15) is 21.7 Å². The molecule has 0 spiro atoms. The maximum Gasteiger partial charge on any atom is 0.255 e. The summed E-state index contributed by atoms with van der Waals surface area (Å²) < 4.78 is 10.8. The van der Waals surface area contributed by atoms with E-state index in [9.17, 15) is 4.79 Å². The van der Waals surface area contributed by atoms with Gasteiger partial charge in [0.2, 0.25) is 0 Å². The molecule has 2 aromatic carbocycles.